The Labute approximate surface area is 186 Å². The first kappa shape index (κ1) is 23.6. The van der Waals surface area contributed by atoms with Crippen LogP contribution >= 0.6 is 0 Å². The number of methoxy groups -OCH3 is 1. The lowest BCUT2D eigenvalue weighted by molar-refractivity contribution is 0.0609. The van der Waals surface area contributed by atoms with Crippen molar-refractivity contribution in [1.29, 1.82) is 0 Å². The third-order valence-corrected chi connectivity index (χ3v) is 6.46. The van der Waals surface area contributed by atoms with Gasteiger partial charge in [-0.25, -0.2) is 13.1 Å². The number of imide groups is 1. The lowest BCUT2D eigenvalue weighted by atomic mass is 10.1. The number of carbonyl (C=O) groups excluding carboxylic acids is 3. The second kappa shape index (κ2) is 9.60. The fraction of sp³-hybridized carbons (Fsp3) is 0.318. The number of ether oxygens (including phenoxy) is 1. The zero-order chi connectivity index (χ0) is 23.5. The minimum absolute atomic E-state index is 0.111. The Bertz CT molecular complexity index is 1140. The van der Waals surface area contributed by atoms with E-state index in [4.69, 9.17) is 4.74 Å². The van der Waals surface area contributed by atoms with E-state index in [1.807, 2.05) is 0 Å². The van der Waals surface area contributed by atoms with E-state index in [9.17, 15) is 22.8 Å². The molecule has 2 aromatic carbocycles. The monoisotopic (exact) mass is 459 g/mol. The fourth-order valence-electron chi connectivity index (χ4n) is 3.30. The Morgan fingerprint density at radius 1 is 1.03 bits per heavy atom. The quantitative estimate of drug-likeness (QED) is 0.433. The van der Waals surface area contributed by atoms with Gasteiger partial charge in [-0.3, -0.25) is 19.3 Å². The molecule has 1 aliphatic rings. The normalized spacial score (nSPS) is 13.6. The highest BCUT2D eigenvalue weighted by molar-refractivity contribution is 7.89. The summed E-state index contributed by atoms with van der Waals surface area (Å²) >= 11 is 0. The Morgan fingerprint density at radius 3 is 2.31 bits per heavy atom. The summed E-state index contributed by atoms with van der Waals surface area (Å²) in [6.45, 7) is 4.10. The number of carbonyl (C=O) groups is 3. The van der Waals surface area contributed by atoms with Gasteiger partial charge in [-0.1, -0.05) is 12.1 Å². The van der Waals surface area contributed by atoms with E-state index >= 15 is 0 Å². The average Bonchev–Trinajstić information content (AvgIpc) is 3.02. The molecule has 3 rings (SSSR count). The van der Waals surface area contributed by atoms with Gasteiger partial charge in [-0.05, 0) is 49.7 Å². The van der Waals surface area contributed by atoms with E-state index in [2.05, 4.69) is 10.0 Å². The molecule has 2 N–H and O–H groups in total. The Morgan fingerprint density at radius 2 is 1.69 bits per heavy atom. The van der Waals surface area contributed by atoms with Gasteiger partial charge in [-0.15, -0.1) is 0 Å². The molecule has 32 heavy (non-hydrogen) atoms. The van der Waals surface area contributed by atoms with Crippen molar-refractivity contribution >= 4 is 27.7 Å². The zero-order valence-corrected chi connectivity index (χ0v) is 18.9. The van der Waals surface area contributed by atoms with Gasteiger partial charge >= 0.3 is 0 Å². The molecule has 2 aromatic rings. The van der Waals surface area contributed by atoms with Crippen LogP contribution in [0.3, 0.4) is 0 Å². The van der Waals surface area contributed by atoms with Crippen molar-refractivity contribution in [2.45, 2.75) is 31.3 Å². The van der Waals surface area contributed by atoms with E-state index in [1.165, 1.54) is 42.3 Å². The van der Waals surface area contributed by atoms with Gasteiger partial charge in [0.05, 0.1) is 22.6 Å². The van der Waals surface area contributed by atoms with E-state index in [1.54, 1.807) is 26.0 Å². The van der Waals surface area contributed by atoms with E-state index in [0.29, 0.717) is 5.56 Å². The van der Waals surface area contributed by atoms with Gasteiger partial charge in [0.1, 0.15) is 0 Å². The molecule has 0 saturated heterocycles. The molecule has 1 heterocycles. The molecule has 0 atom stereocenters. The van der Waals surface area contributed by atoms with Crippen LogP contribution < -0.4 is 10.0 Å². The Kier molecular flexibility index (Phi) is 7.07. The van der Waals surface area contributed by atoms with Crippen LogP contribution in [-0.4, -0.2) is 57.3 Å². The number of hydrogen-bond acceptors (Lipinski definition) is 6. The lowest BCUT2D eigenvalue weighted by Gasteiger charge is -2.17. The molecule has 9 nitrogen and oxygen atoms in total. The number of hydrogen-bond donors (Lipinski definition) is 2. The van der Waals surface area contributed by atoms with E-state index in [0.717, 1.165) is 0 Å². The average molecular weight is 460 g/mol. The highest BCUT2D eigenvalue weighted by Gasteiger charge is 2.37. The first-order chi connectivity index (χ1) is 15.2. The maximum Gasteiger partial charge on any atom is 0.261 e. The number of rotatable bonds is 9. The standard InChI is InChI=1S/C22H25N3O6S/c1-14(2)25-21(27)18-9-6-16(12-19(18)22(25)28)20(26)23-13-15-4-7-17(8-5-15)32(29,30)24-10-11-31-3/h4-9,12,14,24H,10-11,13H2,1-3H3,(H,23,26). The molecule has 0 bridgehead atoms. The SMILES string of the molecule is COCCNS(=O)(=O)c1ccc(CNC(=O)c2ccc3c(c2)C(=O)N(C(C)C)C3=O)cc1. The summed E-state index contributed by atoms with van der Waals surface area (Å²) in [5.74, 6) is -1.18. The van der Waals surface area contributed by atoms with Gasteiger partial charge in [0.2, 0.25) is 10.0 Å². The van der Waals surface area contributed by atoms with Crippen LogP contribution in [0.5, 0.6) is 0 Å². The molecule has 3 amide bonds. The van der Waals surface area contributed by atoms with Gasteiger partial charge in [0.15, 0.2) is 0 Å². The molecular weight excluding hydrogens is 434 g/mol. The number of benzene rings is 2. The van der Waals surface area contributed by atoms with Gasteiger partial charge < -0.3 is 10.1 Å². The molecular formula is C22H25N3O6S. The summed E-state index contributed by atoms with van der Waals surface area (Å²) in [4.78, 5) is 38.7. The van der Waals surface area contributed by atoms with Crippen molar-refractivity contribution in [3.63, 3.8) is 0 Å². The smallest absolute Gasteiger partial charge is 0.261 e. The number of nitrogens with one attached hydrogen (secondary N) is 2. The topological polar surface area (TPSA) is 122 Å². The zero-order valence-electron chi connectivity index (χ0n) is 18.0. The summed E-state index contributed by atoms with van der Waals surface area (Å²) in [5.41, 5.74) is 1.47. The van der Waals surface area contributed by atoms with Gasteiger partial charge in [0.25, 0.3) is 17.7 Å². The summed E-state index contributed by atoms with van der Waals surface area (Å²) < 4.78 is 31.6. The summed E-state index contributed by atoms with van der Waals surface area (Å²) in [5, 5.41) is 2.74. The Balaban J connectivity index is 1.65. The highest BCUT2D eigenvalue weighted by Crippen LogP contribution is 2.25. The molecule has 1 aliphatic heterocycles. The van der Waals surface area contributed by atoms with E-state index in [-0.39, 0.29) is 53.2 Å². The van der Waals surface area contributed by atoms with Crippen LogP contribution in [0.15, 0.2) is 47.4 Å². The van der Waals surface area contributed by atoms with Crippen LogP contribution in [0, 0.1) is 0 Å². The van der Waals surface area contributed by atoms with Crippen LogP contribution in [0.25, 0.3) is 0 Å². The molecule has 0 spiro atoms. The number of fused-ring (bicyclic) bond motifs is 1. The van der Waals surface area contributed by atoms with E-state index < -0.39 is 21.8 Å². The van der Waals surface area contributed by atoms with Crippen molar-refractivity contribution < 1.29 is 27.5 Å². The number of sulfonamides is 1. The van der Waals surface area contributed by atoms with Crippen molar-refractivity contribution in [3.05, 3.63) is 64.7 Å². The van der Waals surface area contributed by atoms with Crippen molar-refractivity contribution in [3.8, 4) is 0 Å². The maximum absolute atomic E-state index is 12.6. The number of nitrogens with zero attached hydrogens (tertiary/aromatic N) is 1. The van der Waals surface area contributed by atoms with Crippen molar-refractivity contribution in [2.24, 2.45) is 0 Å². The van der Waals surface area contributed by atoms with Crippen LogP contribution in [0.1, 0.15) is 50.5 Å². The minimum Gasteiger partial charge on any atom is -0.383 e. The minimum atomic E-state index is -3.63. The summed E-state index contributed by atoms with van der Waals surface area (Å²) in [6, 6.07) is 10.3. The second-order valence-electron chi connectivity index (χ2n) is 7.55. The van der Waals surface area contributed by atoms with Gasteiger partial charge in [-0.2, -0.15) is 0 Å². The summed E-state index contributed by atoms with van der Waals surface area (Å²) in [6.07, 6.45) is 0. The largest absolute Gasteiger partial charge is 0.383 e. The maximum atomic E-state index is 12.6. The molecule has 0 aliphatic carbocycles. The lowest BCUT2D eigenvalue weighted by Crippen LogP contribution is -2.35. The molecule has 0 fully saturated rings. The molecule has 170 valence electrons. The molecule has 0 unspecified atom stereocenters. The molecule has 0 aromatic heterocycles. The third-order valence-electron chi connectivity index (χ3n) is 4.98. The first-order valence-corrected chi connectivity index (χ1v) is 11.5. The predicted octanol–water partition coefficient (Wildman–Crippen LogP) is 1.55. The first-order valence-electron chi connectivity index (χ1n) is 10.0. The summed E-state index contributed by atoms with van der Waals surface area (Å²) in [7, 11) is -2.15. The molecule has 0 saturated carbocycles. The highest BCUT2D eigenvalue weighted by atomic mass is 32.2. The fourth-order valence-corrected chi connectivity index (χ4v) is 4.32. The number of amides is 3. The molecule has 10 heteroatoms. The second-order valence-corrected chi connectivity index (χ2v) is 9.32. The van der Waals surface area contributed by atoms with Gasteiger partial charge in [0, 0.05) is 31.8 Å². The van der Waals surface area contributed by atoms with Crippen LogP contribution in [0.4, 0.5) is 0 Å². The van der Waals surface area contributed by atoms with Crippen LogP contribution in [0.2, 0.25) is 0 Å². The molecule has 0 radical (unpaired) electrons. The Hall–Kier alpha value is -3.08. The van der Waals surface area contributed by atoms with Crippen molar-refractivity contribution in [1.82, 2.24) is 14.9 Å². The van der Waals surface area contributed by atoms with Crippen LogP contribution in [-0.2, 0) is 21.3 Å². The van der Waals surface area contributed by atoms with Crippen molar-refractivity contribution in [2.75, 3.05) is 20.3 Å². The third kappa shape index (κ3) is 4.87. The predicted molar refractivity (Wildman–Crippen MR) is 117 cm³/mol.